The Morgan fingerprint density at radius 3 is 2.44 bits per heavy atom. The van der Waals surface area contributed by atoms with Gasteiger partial charge in [0.05, 0.1) is 6.54 Å². The molecule has 0 unspecified atom stereocenters. The molecule has 1 fully saturated rings. The number of carbonyl (C=O) groups is 1. The molecule has 0 aromatic rings. The molecule has 1 amide bonds. The normalized spacial score (nSPS) is 26.5. The first-order chi connectivity index (χ1) is 7.38. The minimum Gasteiger partial charge on any atom is -0.352 e. The number of hydrogen-bond acceptors (Lipinski definition) is 2. The average molecular weight is 226 g/mol. The molecule has 0 aromatic carbocycles. The molecular weight excluding hydrogens is 200 g/mol. The third-order valence-corrected chi connectivity index (χ3v) is 3.24. The summed E-state index contributed by atoms with van der Waals surface area (Å²) in [4.78, 5) is 11.7. The maximum atomic E-state index is 11.7. The summed E-state index contributed by atoms with van der Waals surface area (Å²) in [5, 5.41) is 6.35. The van der Waals surface area contributed by atoms with Gasteiger partial charge in [-0.2, -0.15) is 0 Å². The van der Waals surface area contributed by atoms with E-state index in [0.29, 0.717) is 18.5 Å². The lowest BCUT2D eigenvalue weighted by atomic mass is 9.86. The summed E-state index contributed by atoms with van der Waals surface area (Å²) in [5.74, 6) is 0.765. The van der Waals surface area contributed by atoms with Gasteiger partial charge < -0.3 is 10.6 Å². The van der Waals surface area contributed by atoms with Gasteiger partial charge in [-0.3, -0.25) is 4.79 Å². The van der Waals surface area contributed by atoms with Crippen LogP contribution in [0.3, 0.4) is 0 Å². The van der Waals surface area contributed by atoms with Crippen molar-refractivity contribution < 1.29 is 4.79 Å². The molecule has 0 saturated heterocycles. The second-order valence-electron chi connectivity index (χ2n) is 6.04. The Morgan fingerprint density at radius 2 is 1.88 bits per heavy atom. The van der Waals surface area contributed by atoms with Gasteiger partial charge in [-0.15, -0.1) is 0 Å². The molecule has 1 saturated carbocycles. The number of carbonyl (C=O) groups excluding carboxylic acids is 1. The summed E-state index contributed by atoms with van der Waals surface area (Å²) in [6.07, 6.45) is 4.95. The van der Waals surface area contributed by atoms with Crippen LogP contribution >= 0.6 is 0 Å². The monoisotopic (exact) mass is 226 g/mol. The standard InChI is InChI=1S/C13H26N2O/c1-10-7-5-6-8-11(10)15-12(16)9-14-13(2,3)4/h10-11,14H,5-9H2,1-4H3,(H,15,16)/t10-,11+/m0/s1. The van der Waals surface area contributed by atoms with Crippen LogP contribution in [-0.2, 0) is 4.79 Å². The third kappa shape index (κ3) is 4.97. The summed E-state index contributed by atoms with van der Waals surface area (Å²) in [6, 6.07) is 0.392. The fraction of sp³-hybridized carbons (Fsp3) is 0.923. The van der Waals surface area contributed by atoms with E-state index in [-0.39, 0.29) is 11.4 Å². The van der Waals surface area contributed by atoms with Crippen LogP contribution in [0.15, 0.2) is 0 Å². The average Bonchev–Trinajstić information content (AvgIpc) is 2.18. The van der Waals surface area contributed by atoms with E-state index in [4.69, 9.17) is 0 Å². The molecule has 0 radical (unpaired) electrons. The van der Waals surface area contributed by atoms with Crippen LogP contribution < -0.4 is 10.6 Å². The highest BCUT2D eigenvalue weighted by molar-refractivity contribution is 5.78. The minimum absolute atomic E-state index is 0.00945. The molecular formula is C13H26N2O. The number of rotatable bonds is 3. The topological polar surface area (TPSA) is 41.1 Å². The maximum Gasteiger partial charge on any atom is 0.234 e. The van der Waals surface area contributed by atoms with Gasteiger partial charge in [-0.1, -0.05) is 19.8 Å². The molecule has 16 heavy (non-hydrogen) atoms. The molecule has 0 bridgehead atoms. The molecule has 0 aliphatic heterocycles. The highest BCUT2D eigenvalue weighted by Gasteiger charge is 2.23. The number of nitrogens with one attached hydrogen (secondary N) is 2. The quantitative estimate of drug-likeness (QED) is 0.773. The van der Waals surface area contributed by atoms with Crippen molar-refractivity contribution in [2.75, 3.05) is 6.54 Å². The lowest BCUT2D eigenvalue weighted by Crippen LogP contribution is -2.48. The molecule has 1 aliphatic carbocycles. The zero-order chi connectivity index (χ0) is 12.2. The molecule has 94 valence electrons. The first kappa shape index (κ1) is 13.5. The molecule has 0 spiro atoms. The van der Waals surface area contributed by atoms with E-state index >= 15 is 0 Å². The van der Waals surface area contributed by atoms with E-state index < -0.39 is 0 Å². The molecule has 0 heterocycles. The zero-order valence-corrected chi connectivity index (χ0v) is 11.1. The molecule has 1 aliphatic rings. The molecule has 3 nitrogen and oxygen atoms in total. The Morgan fingerprint density at radius 1 is 1.25 bits per heavy atom. The Bertz CT molecular complexity index is 233. The fourth-order valence-corrected chi connectivity index (χ4v) is 2.13. The molecule has 0 aromatic heterocycles. The van der Waals surface area contributed by atoms with E-state index in [1.165, 1.54) is 19.3 Å². The summed E-state index contributed by atoms with van der Waals surface area (Å²) in [7, 11) is 0. The van der Waals surface area contributed by atoms with Gasteiger partial charge >= 0.3 is 0 Å². The van der Waals surface area contributed by atoms with E-state index in [0.717, 1.165) is 6.42 Å². The van der Waals surface area contributed by atoms with Crippen LogP contribution in [0.4, 0.5) is 0 Å². The van der Waals surface area contributed by atoms with Crippen LogP contribution in [0.25, 0.3) is 0 Å². The predicted octanol–water partition coefficient (Wildman–Crippen LogP) is 2.07. The van der Waals surface area contributed by atoms with Crippen molar-refractivity contribution in [3.05, 3.63) is 0 Å². The predicted molar refractivity (Wildman–Crippen MR) is 67.3 cm³/mol. The van der Waals surface area contributed by atoms with Crippen molar-refractivity contribution in [3.8, 4) is 0 Å². The van der Waals surface area contributed by atoms with Gasteiger partial charge in [-0.05, 0) is 39.5 Å². The molecule has 2 N–H and O–H groups in total. The van der Waals surface area contributed by atoms with Gasteiger partial charge in [-0.25, -0.2) is 0 Å². The van der Waals surface area contributed by atoms with Crippen LogP contribution in [0.5, 0.6) is 0 Å². The lowest BCUT2D eigenvalue weighted by molar-refractivity contribution is -0.121. The second kappa shape index (κ2) is 5.67. The van der Waals surface area contributed by atoms with Crippen molar-refractivity contribution in [1.82, 2.24) is 10.6 Å². The third-order valence-electron chi connectivity index (χ3n) is 3.24. The van der Waals surface area contributed by atoms with Gasteiger partial charge in [0.25, 0.3) is 0 Å². The second-order valence-corrected chi connectivity index (χ2v) is 6.04. The van der Waals surface area contributed by atoms with Crippen molar-refractivity contribution in [2.24, 2.45) is 5.92 Å². The van der Waals surface area contributed by atoms with Crippen LogP contribution in [0.1, 0.15) is 53.4 Å². The minimum atomic E-state index is 0.00945. The molecule has 2 atom stereocenters. The SMILES string of the molecule is C[C@H]1CCCC[C@H]1NC(=O)CNC(C)(C)C. The van der Waals surface area contributed by atoms with Crippen molar-refractivity contribution in [1.29, 1.82) is 0 Å². The highest BCUT2D eigenvalue weighted by atomic mass is 16.2. The van der Waals surface area contributed by atoms with E-state index in [1.54, 1.807) is 0 Å². The van der Waals surface area contributed by atoms with Crippen molar-refractivity contribution in [2.45, 2.75) is 65.0 Å². The van der Waals surface area contributed by atoms with Crippen molar-refractivity contribution in [3.63, 3.8) is 0 Å². The Balaban J connectivity index is 2.28. The Kier molecular flexibility index (Phi) is 4.78. The summed E-state index contributed by atoms with van der Waals surface area (Å²) < 4.78 is 0. The van der Waals surface area contributed by atoms with E-state index in [1.807, 2.05) is 0 Å². The Hall–Kier alpha value is -0.570. The first-order valence-corrected chi connectivity index (χ1v) is 6.43. The summed E-state index contributed by atoms with van der Waals surface area (Å²) in [5.41, 5.74) is 0.00945. The summed E-state index contributed by atoms with van der Waals surface area (Å²) in [6.45, 7) is 8.88. The largest absolute Gasteiger partial charge is 0.352 e. The van der Waals surface area contributed by atoms with Crippen LogP contribution in [0.2, 0.25) is 0 Å². The van der Waals surface area contributed by atoms with Crippen molar-refractivity contribution >= 4 is 5.91 Å². The van der Waals surface area contributed by atoms with Crippen LogP contribution in [0, 0.1) is 5.92 Å². The summed E-state index contributed by atoms with van der Waals surface area (Å²) >= 11 is 0. The smallest absolute Gasteiger partial charge is 0.234 e. The molecule has 3 heteroatoms. The first-order valence-electron chi connectivity index (χ1n) is 6.43. The van der Waals surface area contributed by atoms with Gasteiger partial charge in [0.1, 0.15) is 0 Å². The highest BCUT2D eigenvalue weighted by Crippen LogP contribution is 2.23. The maximum absolute atomic E-state index is 11.7. The Labute approximate surface area is 99.4 Å². The van der Waals surface area contributed by atoms with Gasteiger partial charge in [0.2, 0.25) is 5.91 Å². The zero-order valence-electron chi connectivity index (χ0n) is 11.1. The van der Waals surface area contributed by atoms with E-state index in [2.05, 4.69) is 38.3 Å². The fourth-order valence-electron chi connectivity index (χ4n) is 2.13. The van der Waals surface area contributed by atoms with Crippen LogP contribution in [-0.4, -0.2) is 24.0 Å². The number of hydrogen-bond donors (Lipinski definition) is 2. The number of amides is 1. The van der Waals surface area contributed by atoms with Gasteiger partial charge in [0.15, 0.2) is 0 Å². The van der Waals surface area contributed by atoms with E-state index in [9.17, 15) is 4.79 Å². The van der Waals surface area contributed by atoms with Gasteiger partial charge in [0, 0.05) is 11.6 Å². The lowest BCUT2D eigenvalue weighted by Gasteiger charge is -2.30. The molecule has 1 rings (SSSR count).